The van der Waals surface area contributed by atoms with E-state index in [4.69, 9.17) is 20.4 Å². The van der Waals surface area contributed by atoms with Crippen LogP contribution >= 0.6 is 11.6 Å². The van der Waals surface area contributed by atoms with Crippen LogP contribution in [0.15, 0.2) is 57.6 Å². The predicted molar refractivity (Wildman–Crippen MR) is 112 cm³/mol. The number of furan rings is 2. The maximum Gasteiger partial charge on any atom is 0.433 e. The molecule has 1 fully saturated rings. The lowest BCUT2D eigenvalue weighted by molar-refractivity contribution is -0.402. The highest BCUT2D eigenvalue weighted by Crippen LogP contribution is 2.30. The van der Waals surface area contributed by atoms with Crippen LogP contribution in [0.5, 0.6) is 0 Å². The van der Waals surface area contributed by atoms with Gasteiger partial charge >= 0.3 is 5.88 Å². The highest BCUT2D eigenvalue weighted by Gasteiger charge is 2.25. The Morgan fingerprint density at radius 1 is 1.06 bits per heavy atom. The van der Waals surface area contributed by atoms with Crippen LogP contribution in [0.2, 0.25) is 5.02 Å². The van der Waals surface area contributed by atoms with Crippen molar-refractivity contribution >= 4 is 40.7 Å². The van der Waals surface area contributed by atoms with Gasteiger partial charge in [0.05, 0.1) is 23.0 Å². The zero-order valence-electron chi connectivity index (χ0n) is 16.1. The van der Waals surface area contributed by atoms with Gasteiger partial charge in [-0.1, -0.05) is 11.6 Å². The van der Waals surface area contributed by atoms with Crippen LogP contribution < -0.4 is 10.2 Å². The molecule has 1 aliphatic rings. The number of rotatable bonds is 5. The van der Waals surface area contributed by atoms with E-state index in [1.165, 1.54) is 12.3 Å². The summed E-state index contributed by atoms with van der Waals surface area (Å²) >= 11 is 6.42. The first-order valence-corrected chi connectivity index (χ1v) is 9.73. The van der Waals surface area contributed by atoms with E-state index in [0.29, 0.717) is 42.6 Å². The van der Waals surface area contributed by atoms with Crippen molar-refractivity contribution in [2.75, 3.05) is 36.4 Å². The molecule has 10 nitrogen and oxygen atoms in total. The third-order valence-electron chi connectivity index (χ3n) is 4.84. The topological polar surface area (TPSA) is 122 Å². The molecule has 0 unspecified atom stereocenters. The van der Waals surface area contributed by atoms with E-state index >= 15 is 0 Å². The molecule has 3 heterocycles. The molecular weight excluding hydrogens is 428 g/mol. The number of benzene rings is 1. The lowest BCUT2D eigenvalue weighted by atomic mass is 10.2. The molecule has 0 spiro atoms. The summed E-state index contributed by atoms with van der Waals surface area (Å²) in [6.07, 6.45) is 1.47. The molecule has 1 saturated heterocycles. The molecule has 160 valence electrons. The maximum absolute atomic E-state index is 12.4. The average Bonchev–Trinajstić information content (AvgIpc) is 3.46. The van der Waals surface area contributed by atoms with Crippen LogP contribution in [0.25, 0.3) is 0 Å². The Kier molecular flexibility index (Phi) is 5.63. The molecule has 11 heteroatoms. The Morgan fingerprint density at radius 2 is 1.84 bits per heavy atom. The lowest BCUT2D eigenvalue weighted by Crippen LogP contribution is -2.48. The van der Waals surface area contributed by atoms with Crippen molar-refractivity contribution < 1.29 is 23.3 Å². The quantitative estimate of drug-likeness (QED) is 0.470. The van der Waals surface area contributed by atoms with Crippen LogP contribution in [0.4, 0.5) is 17.3 Å². The second-order valence-electron chi connectivity index (χ2n) is 6.77. The number of halogens is 1. The van der Waals surface area contributed by atoms with Gasteiger partial charge in [-0.3, -0.25) is 19.7 Å². The molecular formula is C20H17ClN4O6. The van der Waals surface area contributed by atoms with Gasteiger partial charge in [0.15, 0.2) is 11.5 Å². The second-order valence-corrected chi connectivity index (χ2v) is 7.18. The number of nitrogens with one attached hydrogen (secondary N) is 1. The van der Waals surface area contributed by atoms with Crippen molar-refractivity contribution in [1.29, 1.82) is 0 Å². The van der Waals surface area contributed by atoms with Crippen molar-refractivity contribution in [3.63, 3.8) is 0 Å². The minimum Gasteiger partial charge on any atom is -0.459 e. The fraction of sp³-hybridized carbons (Fsp3) is 0.200. The molecule has 2 aromatic heterocycles. The van der Waals surface area contributed by atoms with Gasteiger partial charge in [0.25, 0.3) is 11.8 Å². The van der Waals surface area contributed by atoms with E-state index in [-0.39, 0.29) is 11.7 Å². The third-order valence-corrected chi connectivity index (χ3v) is 5.14. The van der Waals surface area contributed by atoms with Gasteiger partial charge in [0.2, 0.25) is 0 Å². The van der Waals surface area contributed by atoms with E-state index in [2.05, 4.69) is 10.2 Å². The number of nitro groups is 1. The number of carbonyl (C=O) groups excluding carboxylic acids is 2. The Morgan fingerprint density at radius 3 is 2.45 bits per heavy atom. The van der Waals surface area contributed by atoms with Crippen molar-refractivity contribution in [1.82, 2.24) is 4.90 Å². The van der Waals surface area contributed by atoms with Crippen molar-refractivity contribution in [3.8, 4) is 0 Å². The minimum absolute atomic E-state index is 0.146. The van der Waals surface area contributed by atoms with Gasteiger partial charge in [-0.25, -0.2) is 0 Å². The van der Waals surface area contributed by atoms with Gasteiger partial charge in [0.1, 0.15) is 4.92 Å². The Labute approximate surface area is 181 Å². The first kappa shape index (κ1) is 20.5. The summed E-state index contributed by atoms with van der Waals surface area (Å²) in [7, 11) is 0. The normalized spacial score (nSPS) is 13.8. The molecule has 1 aromatic carbocycles. The fourth-order valence-corrected chi connectivity index (χ4v) is 3.59. The van der Waals surface area contributed by atoms with Gasteiger partial charge in [-0.15, -0.1) is 0 Å². The molecule has 1 aliphatic heterocycles. The summed E-state index contributed by atoms with van der Waals surface area (Å²) in [5.74, 6) is -1.14. The van der Waals surface area contributed by atoms with Gasteiger partial charge < -0.3 is 24.0 Å². The smallest absolute Gasteiger partial charge is 0.433 e. The fourth-order valence-electron chi connectivity index (χ4n) is 3.29. The maximum atomic E-state index is 12.4. The number of nitrogens with zero attached hydrogens (tertiary/aromatic N) is 3. The van der Waals surface area contributed by atoms with Crippen LogP contribution in [0.1, 0.15) is 21.1 Å². The summed E-state index contributed by atoms with van der Waals surface area (Å²) in [6.45, 7) is 2.22. The standard InChI is InChI=1S/C20H17ClN4O6/c21-14-12-13(22-19(26)16-5-6-18(31-16)25(28)29)3-4-15(14)23-7-9-24(10-8-23)20(27)17-2-1-11-30-17/h1-6,11-12H,7-10H2,(H,22,26). The van der Waals surface area contributed by atoms with Crippen molar-refractivity contribution in [2.45, 2.75) is 0 Å². The van der Waals surface area contributed by atoms with Crippen molar-refractivity contribution in [2.24, 2.45) is 0 Å². The molecule has 0 aliphatic carbocycles. The molecule has 31 heavy (non-hydrogen) atoms. The van der Waals surface area contributed by atoms with Gasteiger partial charge in [-0.05, 0) is 36.4 Å². The summed E-state index contributed by atoms with van der Waals surface area (Å²) < 4.78 is 10.1. The molecule has 1 N–H and O–H groups in total. The van der Waals surface area contributed by atoms with Crippen molar-refractivity contribution in [3.05, 3.63) is 75.4 Å². The molecule has 3 aromatic rings. The number of hydrogen-bond donors (Lipinski definition) is 1. The average molecular weight is 445 g/mol. The number of hydrogen-bond acceptors (Lipinski definition) is 7. The molecule has 0 bridgehead atoms. The summed E-state index contributed by atoms with van der Waals surface area (Å²) in [4.78, 5) is 38.3. The molecule has 0 atom stereocenters. The highest BCUT2D eigenvalue weighted by molar-refractivity contribution is 6.33. The predicted octanol–water partition coefficient (Wildman–Crippen LogP) is 3.65. The molecule has 4 rings (SSSR count). The van der Waals surface area contributed by atoms with E-state index in [9.17, 15) is 19.7 Å². The molecule has 0 saturated carbocycles. The molecule has 2 amide bonds. The van der Waals surface area contributed by atoms with Gasteiger partial charge in [0, 0.05) is 31.9 Å². The zero-order chi connectivity index (χ0) is 22.0. The summed E-state index contributed by atoms with van der Waals surface area (Å²) in [5.41, 5.74) is 1.20. The summed E-state index contributed by atoms with van der Waals surface area (Å²) in [5, 5.41) is 13.7. The SMILES string of the molecule is O=C(Nc1ccc(N2CCN(C(=O)c3ccco3)CC2)c(Cl)c1)c1ccc([N+](=O)[O-])o1. The lowest BCUT2D eigenvalue weighted by Gasteiger charge is -2.36. The van der Waals surface area contributed by atoms with Crippen LogP contribution in [0.3, 0.4) is 0 Å². The Balaban J connectivity index is 1.38. The van der Waals surface area contributed by atoms with E-state index < -0.39 is 16.7 Å². The van der Waals surface area contributed by atoms with E-state index in [0.717, 1.165) is 11.8 Å². The highest BCUT2D eigenvalue weighted by atomic mass is 35.5. The Hall–Kier alpha value is -3.79. The monoisotopic (exact) mass is 444 g/mol. The van der Waals surface area contributed by atoms with Gasteiger partial charge in [-0.2, -0.15) is 0 Å². The first-order chi connectivity index (χ1) is 14.9. The minimum atomic E-state index is -0.718. The first-order valence-electron chi connectivity index (χ1n) is 9.35. The Bertz CT molecular complexity index is 1120. The summed E-state index contributed by atoms with van der Waals surface area (Å²) in [6, 6.07) is 10.7. The van der Waals surface area contributed by atoms with Crippen LogP contribution in [-0.2, 0) is 0 Å². The number of piperazine rings is 1. The van der Waals surface area contributed by atoms with Crippen LogP contribution in [0, 0.1) is 10.1 Å². The largest absolute Gasteiger partial charge is 0.459 e. The number of carbonyl (C=O) groups is 2. The third kappa shape index (κ3) is 4.38. The number of amides is 2. The molecule has 0 radical (unpaired) electrons. The van der Waals surface area contributed by atoms with E-state index in [1.807, 2.05) is 0 Å². The number of anilines is 2. The van der Waals surface area contributed by atoms with Crippen LogP contribution in [-0.4, -0.2) is 47.8 Å². The zero-order valence-corrected chi connectivity index (χ0v) is 16.9. The second kappa shape index (κ2) is 8.52. The van der Waals surface area contributed by atoms with E-state index in [1.54, 1.807) is 35.2 Å².